The van der Waals surface area contributed by atoms with Crippen LogP contribution in [0.15, 0.2) is 0 Å². The number of nitrogens with zero attached hydrogens (tertiary/aromatic N) is 3. The Hall–Kier alpha value is -0.835. The summed E-state index contributed by atoms with van der Waals surface area (Å²) < 4.78 is 1.92. The number of hydrogen-bond donors (Lipinski definition) is 0. The molecule has 0 radical (unpaired) electrons. The van der Waals surface area contributed by atoms with Gasteiger partial charge in [0.15, 0.2) is 0 Å². The molecule has 1 aromatic heterocycles. The zero-order valence-electron chi connectivity index (χ0n) is 12.8. The molecule has 0 atom stereocenters. The summed E-state index contributed by atoms with van der Waals surface area (Å²) in [6.45, 7) is 10.7. The van der Waals surface area contributed by atoms with Crippen LogP contribution in [0.3, 0.4) is 0 Å². The van der Waals surface area contributed by atoms with E-state index in [1.54, 1.807) is 0 Å². The van der Waals surface area contributed by atoms with E-state index >= 15 is 0 Å². The van der Waals surface area contributed by atoms with Gasteiger partial charge in [0.2, 0.25) is 0 Å². The summed E-state index contributed by atoms with van der Waals surface area (Å²) in [5.41, 5.74) is 3.38. The first-order valence-electron chi connectivity index (χ1n) is 6.39. The third-order valence-electron chi connectivity index (χ3n) is 3.43. The van der Waals surface area contributed by atoms with Crippen LogP contribution in [0.25, 0.3) is 0 Å². The van der Waals surface area contributed by atoms with Crippen LogP contribution in [0.1, 0.15) is 50.6 Å². The van der Waals surface area contributed by atoms with Crippen molar-refractivity contribution < 1.29 is 0 Å². The summed E-state index contributed by atoms with van der Waals surface area (Å²) >= 11 is 5.67. The molecule has 0 saturated carbocycles. The van der Waals surface area contributed by atoms with E-state index in [-0.39, 0.29) is 5.44 Å². The fourth-order valence-corrected chi connectivity index (χ4v) is 2.30. The molecule has 0 aliphatic rings. The minimum absolute atomic E-state index is 0.0214. The largest absolute Gasteiger partial charge is 0.368 e. The molecule has 0 aromatic carbocycles. The summed E-state index contributed by atoms with van der Waals surface area (Å²) in [6.07, 6.45) is 0. The highest BCUT2D eigenvalue weighted by molar-refractivity contribution is 7.80. The van der Waals surface area contributed by atoms with E-state index in [1.807, 2.05) is 11.7 Å². The van der Waals surface area contributed by atoms with E-state index in [0.29, 0.717) is 5.92 Å². The Bertz CT molecular complexity index is 458. The van der Waals surface area contributed by atoms with Crippen LogP contribution in [0.5, 0.6) is 0 Å². The smallest absolute Gasteiger partial charge is 0.134 e. The van der Waals surface area contributed by atoms with Crippen molar-refractivity contribution in [3.05, 3.63) is 17.0 Å². The third kappa shape index (κ3) is 2.77. The van der Waals surface area contributed by atoms with Gasteiger partial charge in [0, 0.05) is 25.2 Å². The van der Waals surface area contributed by atoms with Gasteiger partial charge in [-0.3, -0.25) is 4.68 Å². The van der Waals surface area contributed by atoms with Crippen LogP contribution < -0.4 is 0 Å². The lowest BCUT2D eigenvalue weighted by atomic mass is 9.80. The molecular weight excluding hydrogens is 241 g/mol. The van der Waals surface area contributed by atoms with E-state index in [9.17, 15) is 0 Å². The van der Waals surface area contributed by atoms with Gasteiger partial charge in [-0.25, -0.2) is 0 Å². The van der Waals surface area contributed by atoms with Crippen LogP contribution in [0.2, 0.25) is 0 Å². The maximum atomic E-state index is 5.67. The molecule has 1 aromatic rings. The molecule has 0 unspecified atom stereocenters. The number of hydrogen-bond acceptors (Lipinski definition) is 2. The lowest BCUT2D eigenvalue weighted by Crippen LogP contribution is -2.45. The summed E-state index contributed by atoms with van der Waals surface area (Å²) in [5.74, 6) is 0.381. The molecule has 0 fully saturated rings. The molecule has 0 N–H and O–H groups in total. The Kier molecular flexibility index (Phi) is 4.26. The van der Waals surface area contributed by atoms with Crippen LogP contribution in [-0.2, 0) is 7.05 Å². The van der Waals surface area contributed by atoms with Crippen LogP contribution >= 0.6 is 12.2 Å². The molecule has 0 spiro atoms. The van der Waals surface area contributed by atoms with Crippen molar-refractivity contribution >= 4 is 25.1 Å². The van der Waals surface area contributed by atoms with Gasteiger partial charge in [0.1, 0.15) is 12.8 Å². The van der Waals surface area contributed by atoms with Crippen molar-refractivity contribution in [1.29, 1.82) is 0 Å². The maximum Gasteiger partial charge on any atom is 0.134 e. The number of thiocarbonyl (C=S) groups is 1. The topological polar surface area (TPSA) is 21.1 Å². The van der Waals surface area contributed by atoms with Gasteiger partial charge in [0.05, 0.1) is 11.3 Å². The van der Waals surface area contributed by atoms with Crippen molar-refractivity contribution in [3.63, 3.8) is 0 Å². The Morgan fingerprint density at radius 2 is 1.94 bits per heavy atom. The summed E-state index contributed by atoms with van der Waals surface area (Å²) in [5, 5.41) is 4.60. The second-order valence-electron chi connectivity index (χ2n) is 6.16. The predicted octanol–water partition coefficient (Wildman–Crippen LogP) is 1.83. The quantitative estimate of drug-likeness (QED) is 0.614. The molecule has 1 heterocycles. The van der Waals surface area contributed by atoms with Gasteiger partial charge in [-0.05, 0) is 26.7 Å². The first-order chi connectivity index (χ1) is 8.07. The SMILES string of the molecule is BC(C)(C)N(C)C(=S)c1c(C(C)C)nn(C)c1C. The van der Waals surface area contributed by atoms with Crippen molar-refractivity contribution in [3.8, 4) is 0 Å². The predicted molar refractivity (Wildman–Crippen MR) is 84.1 cm³/mol. The maximum absolute atomic E-state index is 5.67. The number of aryl methyl sites for hydroxylation is 1. The van der Waals surface area contributed by atoms with Crippen molar-refractivity contribution in [2.45, 2.75) is 46.0 Å². The van der Waals surface area contributed by atoms with Crippen LogP contribution in [0.4, 0.5) is 0 Å². The minimum atomic E-state index is 0.0214. The normalized spacial score (nSPS) is 12.0. The van der Waals surface area contributed by atoms with Crippen molar-refractivity contribution in [2.24, 2.45) is 7.05 Å². The van der Waals surface area contributed by atoms with Gasteiger partial charge in [-0.2, -0.15) is 5.10 Å². The number of rotatable bonds is 3. The van der Waals surface area contributed by atoms with Gasteiger partial charge < -0.3 is 4.90 Å². The van der Waals surface area contributed by atoms with E-state index in [2.05, 4.69) is 59.5 Å². The van der Waals surface area contributed by atoms with E-state index < -0.39 is 0 Å². The molecule has 0 saturated heterocycles. The summed E-state index contributed by atoms with van der Waals surface area (Å²) in [7, 11) is 6.20. The van der Waals surface area contributed by atoms with Crippen LogP contribution in [0, 0.1) is 6.92 Å². The Balaban J connectivity index is 3.29. The molecule has 0 aliphatic carbocycles. The molecule has 100 valence electrons. The van der Waals surface area contributed by atoms with E-state index in [0.717, 1.165) is 21.9 Å². The minimum Gasteiger partial charge on any atom is -0.368 e. The average Bonchev–Trinajstić information content (AvgIpc) is 2.52. The fraction of sp³-hybridized carbons (Fsp3) is 0.692. The molecule has 0 aliphatic heterocycles. The molecule has 5 heteroatoms. The van der Waals surface area contributed by atoms with Gasteiger partial charge in [-0.15, -0.1) is 0 Å². The Labute approximate surface area is 117 Å². The molecule has 0 bridgehead atoms. The van der Waals surface area contributed by atoms with Crippen molar-refractivity contribution in [2.75, 3.05) is 7.05 Å². The first-order valence-corrected chi connectivity index (χ1v) is 6.79. The summed E-state index contributed by atoms with van der Waals surface area (Å²) in [6, 6.07) is 0. The van der Waals surface area contributed by atoms with Crippen LogP contribution in [-0.4, -0.2) is 40.0 Å². The highest BCUT2D eigenvalue weighted by atomic mass is 32.1. The highest BCUT2D eigenvalue weighted by Crippen LogP contribution is 2.24. The summed E-state index contributed by atoms with van der Waals surface area (Å²) in [4.78, 5) is 3.04. The zero-order valence-corrected chi connectivity index (χ0v) is 13.6. The van der Waals surface area contributed by atoms with Gasteiger partial charge in [0.25, 0.3) is 0 Å². The second kappa shape index (κ2) is 5.04. The Morgan fingerprint density at radius 3 is 2.33 bits per heavy atom. The van der Waals surface area contributed by atoms with Gasteiger partial charge >= 0.3 is 0 Å². The fourth-order valence-electron chi connectivity index (χ4n) is 1.77. The first kappa shape index (κ1) is 15.2. The lowest BCUT2D eigenvalue weighted by Gasteiger charge is -2.35. The standard InChI is InChI=1S/C13H24BN3S/c1-8(2)11-10(9(3)17(7)15-11)12(18)16(6)13(4,5)14/h8H,14H2,1-7H3. The zero-order chi connectivity index (χ0) is 14.2. The van der Waals surface area contributed by atoms with Crippen molar-refractivity contribution in [1.82, 2.24) is 14.7 Å². The third-order valence-corrected chi connectivity index (χ3v) is 3.91. The molecule has 1 rings (SSSR count). The molecule has 3 nitrogen and oxygen atoms in total. The number of aromatic nitrogens is 2. The van der Waals surface area contributed by atoms with E-state index in [1.165, 1.54) is 0 Å². The highest BCUT2D eigenvalue weighted by Gasteiger charge is 2.26. The monoisotopic (exact) mass is 265 g/mol. The molecular formula is C13H24BN3S. The van der Waals surface area contributed by atoms with E-state index in [4.69, 9.17) is 12.2 Å². The average molecular weight is 265 g/mol. The molecule has 18 heavy (non-hydrogen) atoms. The lowest BCUT2D eigenvalue weighted by molar-refractivity contribution is 0.372. The van der Waals surface area contributed by atoms with Gasteiger partial charge in [-0.1, -0.05) is 26.1 Å². The molecule has 0 amide bonds. The second-order valence-corrected chi connectivity index (χ2v) is 6.55. The Morgan fingerprint density at radius 1 is 1.44 bits per heavy atom.